The van der Waals surface area contributed by atoms with Crippen LogP contribution in [0.5, 0.6) is 11.5 Å². The molecular weight excluding hydrogens is 433 g/mol. The molecule has 154 valence electrons. The van der Waals surface area contributed by atoms with Gasteiger partial charge in [0.15, 0.2) is 17.2 Å². The summed E-state index contributed by atoms with van der Waals surface area (Å²) in [4.78, 5) is 24.9. The van der Waals surface area contributed by atoms with Gasteiger partial charge >= 0.3 is 0 Å². The number of rotatable bonds is 5. The SMILES string of the molecule is Cc1c(C(=O)Nc2cc(Cl)ccc2Cl)nnn1CC(=O)Nc1ccc2c(c1)OCO2. The summed E-state index contributed by atoms with van der Waals surface area (Å²) in [6, 6.07) is 9.79. The van der Waals surface area contributed by atoms with Gasteiger partial charge in [-0.05, 0) is 37.3 Å². The van der Waals surface area contributed by atoms with Gasteiger partial charge in [-0.1, -0.05) is 28.4 Å². The first-order valence-electron chi connectivity index (χ1n) is 8.76. The molecule has 0 atom stereocenters. The number of halogens is 2. The molecule has 2 amide bonds. The van der Waals surface area contributed by atoms with E-state index in [1.807, 2.05) is 0 Å². The third-order valence-corrected chi connectivity index (χ3v) is 4.89. The van der Waals surface area contributed by atoms with Crippen LogP contribution >= 0.6 is 23.2 Å². The second kappa shape index (κ2) is 8.21. The zero-order valence-electron chi connectivity index (χ0n) is 15.6. The maximum atomic E-state index is 12.5. The number of amides is 2. The Morgan fingerprint density at radius 1 is 1.10 bits per heavy atom. The second-order valence-electron chi connectivity index (χ2n) is 6.38. The van der Waals surface area contributed by atoms with E-state index in [0.29, 0.717) is 38.6 Å². The molecule has 0 saturated carbocycles. The molecule has 4 rings (SSSR count). The number of nitrogens with zero attached hydrogens (tertiary/aromatic N) is 3. The lowest BCUT2D eigenvalue weighted by Gasteiger charge is -2.08. The highest BCUT2D eigenvalue weighted by Crippen LogP contribution is 2.34. The van der Waals surface area contributed by atoms with E-state index in [1.165, 1.54) is 10.7 Å². The van der Waals surface area contributed by atoms with Crippen molar-refractivity contribution in [3.8, 4) is 11.5 Å². The van der Waals surface area contributed by atoms with Crippen molar-refractivity contribution in [3.05, 3.63) is 57.8 Å². The van der Waals surface area contributed by atoms with E-state index in [-0.39, 0.29) is 24.9 Å². The van der Waals surface area contributed by atoms with E-state index in [1.54, 1.807) is 37.3 Å². The molecule has 30 heavy (non-hydrogen) atoms. The van der Waals surface area contributed by atoms with Crippen molar-refractivity contribution in [1.29, 1.82) is 0 Å². The highest BCUT2D eigenvalue weighted by atomic mass is 35.5. The van der Waals surface area contributed by atoms with Crippen molar-refractivity contribution in [1.82, 2.24) is 15.0 Å². The Kier molecular flexibility index (Phi) is 5.47. The van der Waals surface area contributed by atoms with Gasteiger partial charge in [0.05, 0.1) is 16.4 Å². The minimum atomic E-state index is -0.515. The van der Waals surface area contributed by atoms with Crippen molar-refractivity contribution in [2.45, 2.75) is 13.5 Å². The summed E-state index contributed by atoms with van der Waals surface area (Å²) < 4.78 is 11.9. The minimum Gasteiger partial charge on any atom is -0.454 e. The number of fused-ring (bicyclic) bond motifs is 1. The number of carbonyl (C=O) groups is 2. The first-order chi connectivity index (χ1) is 14.4. The third-order valence-electron chi connectivity index (χ3n) is 4.32. The van der Waals surface area contributed by atoms with Crippen LogP contribution in [0.2, 0.25) is 10.0 Å². The minimum absolute atomic E-state index is 0.0712. The molecule has 0 fully saturated rings. The molecule has 0 saturated heterocycles. The van der Waals surface area contributed by atoms with Crippen LogP contribution in [-0.4, -0.2) is 33.6 Å². The van der Waals surface area contributed by atoms with E-state index in [2.05, 4.69) is 20.9 Å². The molecule has 0 radical (unpaired) electrons. The van der Waals surface area contributed by atoms with Gasteiger partial charge in [-0.25, -0.2) is 4.68 Å². The number of benzene rings is 2. The summed E-state index contributed by atoms with van der Waals surface area (Å²) in [7, 11) is 0. The number of nitrogens with one attached hydrogen (secondary N) is 2. The van der Waals surface area contributed by atoms with E-state index in [0.717, 1.165) is 0 Å². The number of carbonyl (C=O) groups excluding carboxylic acids is 2. The zero-order valence-corrected chi connectivity index (χ0v) is 17.1. The molecule has 1 aliphatic heterocycles. The summed E-state index contributed by atoms with van der Waals surface area (Å²) >= 11 is 12.0. The van der Waals surface area contributed by atoms with Gasteiger partial charge in [0.25, 0.3) is 5.91 Å². The van der Waals surface area contributed by atoms with Crippen molar-refractivity contribution in [2.24, 2.45) is 0 Å². The number of ether oxygens (including phenoxy) is 2. The molecule has 0 unspecified atom stereocenters. The Hall–Kier alpha value is -3.30. The Morgan fingerprint density at radius 3 is 2.73 bits per heavy atom. The Labute approximate surface area is 180 Å². The fraction of sp³-hybridized carbons (Fsp3) is 0.158. The van der Waals surface area contributed by atoms with Crippen LogP contribution in [-0.2, 0) is 11.3 Å². The number of anilines is 2. The number of hydrogen-bond acceptors (Lipinski definition) is 6. The van der Waals surface area contributed by atoms with Gasteiger partial charge in [-0.15, -0.1) is 5.10 Å². The van der Waals surface area contributed by atoms with Crippen LogP contribution in [0.3, 0.4) is 0 Å². The molecule has 0 bridgehead atoms. The van der Waals surface area contributed by atoms with E-state index < -0.39 is 5.91 Å². The molecule has 1 aliphatic rings. The molecular formula is C19H15Cl2N5O4. The van der Waals surface area contributed by atoms with Crippen LogP contribution in [0.4, 0.5) is 11.4 Å². The highest BCUT2D eigenvalue weighted by Gasteiger charge is 2.20. The van der Waals surface area contributed by atoms with E-state index in [4.69, 9.17) is 32.7 Å². The van der Waals surface area contributed by atoms with Gasteiger partial charge < -0.3 is 20.1 Å². The Morgan fingerprint density at radius 2 is 1.90 bits per heavy atom. The average molecular weight is 448 g/mol. The number of hydrogen-bond donors (Lipinski definition) is 2. The molecule has 3 aromatic rings. The predicted octanol–water partition coefficient (Wildman–Crippen LogP) is 3.51. The second-order valence-corrected chi connectivity index (χ2v) is 7.22. The van der Waals surface area contributed by atoms with Gasteiger partial charge in [-0.3, -0.25) is 9.59 Å². The fourth-order valence-corrected chi connectivity index (χ4v) is 3.14. The topological polar surface area (TPSA) is 107 Å². The van der Waals surface area contributed by atoms with Gasteiger partial charge in [0.2, 0.25) is 12.7 Å². The largest absolute Gasteiger partial charge is 0.454 e. The summed E-state index contributed by atoms with van der Waals surface area (Å²) in [5.41, 5.74) is 1.40. The smallest absolute Gasteiger partial charge is 0.278 e. The Balaban J connectivity index is 1.43. The maximum Gasteiger partial charge on any atom is 0.278 e. The summed E-state index contributed by atoms with van der Waals surface area (Å²) in [6.07, 6.45) is 0. The average Bonchev–Trinajstić information content (AvgIpc) is 3.31. The van der Waals surface area contributed by atoms with Crippen molar-refractivity contribution >= 4 is 46.4 Å². The van der Waals surface area contributed by atoms with E-state index in [9.17, 15) is 9.59 Å². The van der Waals surface area contributed by atoms with Crippen molar-refractivity contribution in [2.75, 3.05) is 17.4 Å². The standard InChI is InChI=1S/C19H15Cl2N5O4/c1-10-18(19(28)23-14-6-11(20)2-4-13(14)21)24-25-26(10)8-17(27)22-12-3-5-15-16(7-12)30-9-29-15/h2-7H,8-9H2,1H3,(H,22,27)(H,23,28). The molecule has 9 nitrogen and oxygen atoms in total. The van der Waals surface area contributed by atoms with Crippen LogP contribution in [0, 0.1) is 6.92 Å². The van der Waals surface area contributed by atoms with Gasteiger partial charge in [-0.2, -0.15) is 0 Å². The Bertz CT molecular complexity index is 1150. The van der Waals surface area contributed by atoms with Crippen molar-refractivity contribution in [3.63, 3.8) is 0 Å². The van der Waals surface area contributed by atoms with E-state index >= 15 is 0 Å². The van der Waals surface area contributed by atoms with Crippen LogP contribution in [0.1, 0.15) is 16.2 Å². The molecule has 2 aromatic carbocycles. The fourth-order valence-electron chi connectivity index (χ4n) is 2.81. The lowest BCUT2D eigenvalue weighted by molar-refractivity contribution is -0.117. The predicted molar refractivity (Wildman–Crippen MR) is 110 cm³/mol. The molecule has 2 N–H and O–H groups in total. The quantitative estimate of drug-likeness (QED) is 0.619. The zero-order chi connectivity index (χ0) is 21.3. The van der Waals surface area contributed by atoms with Crippen molar-refractivity contribution < 1.29 is 19.1 Å². The molecule has 2 heterocycles. The summed E-state index contributed by atoms with van der Waals surface area (Å²) in [6.45, 7) is 1.66. The third kappa shape index (κ3) is 4.17. The van der Waals surface area contributed by atoms with Gasteiger partial charge in [0.1, 0.15) is 6.54 Å². The summed E-state index contributed by atoms with van der Waals surface area (Å²) in [5, 5.41) is 13.9. The normalized spacial score (nSPS) is 12.0. The number of aromatic nitrogens is 3. The monoisotopic (exact) mass is 447 g/mol. The molecule has 0 spiro atoms. The first-order valence-corrected chi connectivity index (χ1v) is 9.52. The molecule has 0 aliphatic carbocycles. The van der Waals surface area contributed by atoms with Gasteiger partial charge in [0, 0.05) is 16.8 Å². The maximum absolute atomic E-state index is 12.5. The summed E-state index contributed by atoms with van der Waals surface area (Å²) in [5.74, 6) is 0.324. The van der Waals surface area contributed by atoms with Crippen LogP contribution in [0.25, 0.3) is 0 Å². The highest BCUT2D eigenvalue weighted by molar-refractivity contribution is 6.35. The van der Waals surface area contributed by atoms with Crippen LogP contribution < -0.4 is 20.1 Å². The lowest BCUT2D eigenvalue weighted by atomic mass is 10.2. The molecule has 11 heteroatoms. The lowest BCUT2D eigenvalue weighted by Crippen LogP contribution is -2.21. The van der Waals surface area contributed by atoms with Crippen LogP contribution in [0.15, 0.2) is 36.4 Å². The molecule has 1 aromatic heterocycles. The first kappa shape index (κ1) is 20.0.